The largest absolute Gasteiger partial charge is 0.456 e. The van der Waals surface area contributed by atoms with E-state index in [4.69, 9.17) is 4.42 Å². The van der Waals surface area contributed by atoms with E-state index < -0.39 is 0 Å². The van der Waals surface area contributed by atoms with Gasteiger partial charge in [-0.1, -0.05) is 115 Å². The molecule has 0 saturated carbocycles. The minimum absolute atomic E-state index is 0.912. The van der Waals surface area contributed by atoms with E-state index in [1.807, 2.05) is 22.7 Å². The predicted octanol–water partition coefficient (Wildman–Crippen LogP) is 14.2. The van der Waals surface area contributed by atoms with Gasteiger partial charge in [0.15, 0.2) is 0 Å². The molecule has 2 nitrogen and oxygen atoms in total. The van der Waals surface area contributed by atoms with Gasteiger partial charge in [-0.05, 0) is 69.1 Å². The van der Waals surface area contributed by atoms with Crippen LogP contribution in [-0.2, 0) is 0 Å². The van der Waals surface area contributed by atoms with Crippen molar-refractivity contribution in [3.63, 3.8) is 0 Å². The molecule has 232 valence electrons. The maximum absolute atomic E-state index is 6.42. The van der Waals surface area contributed by atoms with Crippen LogP contribution in [-0.4, -0.2) is 4.57 Å². The highest BCUT2D eigenvalue weighted by Crippen LogP contribution is 2.51. The van der Waals surface area contributed by atoms with E-state index in [0.29, 0.717) is 0 Å². The van der Waals surface area contributed by atoms with Gasteiger partial charge in [0.05, 0.1) is 30.8 Å². The third-order valence-electron chi connectivity index (χ3n) is 10.6. The first-order valence-corrected chi connectivity index (χ1v) is 18.6. The van der Waals surface area contributed by atoms with Crippen LogP contribution >= 0.6 is 22.7 Å². The summed E-state index contributed by atoms with van der Waals surface area (Å²) in [5.74, 6) is 0. The first kappa shape index (κ1) is 26.9. The number of nitrogens with zero attached hydrogens (tertiary/aromatic N) is 1. The number of para-hydroxylation sites is 1. The van der Waals surface area contributed by atoms with E-state index in [1.54, 1.807) is 0 Å². The maximum atomic E-state index is 6.42. The molecule has 4 heteroatoms. The number of rotatable bonds is 2. The molecule has 4 heterocycles. The first-order chi connectivity index (χ1) is 24.8. The molecule has 0 radical (unpaired) electrons. The minimum Gasteiger partial charge on any atom is -0.456 e. The summed E-state index contributed by atoms with van der Waals surface area (Å²) < 4.78 is 14.4. The lowest BCUT2D eigenvalue weighted by Crippen LogP contribution is -1.98. The highest BCUT2D eigenvalue weighted by Gasteiger charge is 2.24. The van der Waals surface area contributed by atoms with Gasteiger partial charge in [-0.25, -0.2) is 0 Å². The number of aromatic nitrogens is 1. The van der Waals surface area contributed by atoms with Gasteiger partial charge in [0.25, 0.3) is 0 Å². The molecule has 12 aromatic rings. The lowest BCUT2D eigenvalue weighted by Gasteiger charge is -2.19. The van der Waals surface area contributed by atoms with Crippen molar-refractivity contribution >= 4 is 118 Å². The predicted molar refractivity (Wildman–Crippen MR) is 217 cm³/mol. The Labute approximate surface area is 293 Å². The zero-order valence-corrected chi connectivity index (χ0v) is 28.2. The molecule has 12 rings (SSSR count). The average Bonchev–Trinajstić information content (AvgIpc) is 3.90. The maximum Gasteiger partial charge on any atom is 0.136 e. The van der Waals surface area contributed by atoms with E-state index in [2.05, 4.69) is 156 Å². The zero-order valence-electron chi connectivity index (χ0n) is 26.6. The third kappa shape index (κ3) is 3.51. The van der Waals surface area contributed by atoms with Crippen LogP contribution in [0.2, 0.25) is 0 Å². The highest BCUT2D eigenvalue weighted by atomic mass is 32.1. The van der Waals surface area contributed by atoms with Crippen molar-refractivity contribution in [3.05, 3.63) is 152 Å². The molecule has 0 amide bonds. The topological polar surface area (TPSA) is 18.1 Å². The van der Waals surface area contributed by atoms with Crippen molar-refractivity contribution in [2.24, 2.45) is 0 Å². The summed E-state index contributed by atoms with van der Waals surface area (Å²) in [5, 5.41) is 12.3. The fourth-order valence-electron chi connectivity index (χ4n) is 8.41. The van der Waals surface area contributed by atoms with E-state index in [-0.39, 0.29) is 0 Å². The molecular weight excluding hydrogens is 647 g/mol. The lowest BCUT2D eigenvalue weighted by molar-refractivity contribution is 0.669. The first-order valence-electron chi connectivity index (χ1n) is 16.9. The fourth-order valence-corrected chi connectivity index (χ4v) is 11.2. The second kappa shape index (κ2) is 9.82. The van der Waals surface area contributed by atoms with Crippen molar-refractivity contribution < 1.29 is 4.42 Å². The Bertz CT molecular complexity index is 3330. The molecular formula is C46H25NOS2. The minimum atomic E-state index is 0.912. The van der Waals surface area contributed by atoms with E-state index >= 15 is 0 Å². The molecule has 0 aliphatic rings. The SMILES string of the molecule is c1ccc2cc3c(cc2c1)oc1ccc(-c2c4ccccc4c(-n4c5ccccc5c5sc6c7ccccc7sc6c54)c4ccccc24)cc13. The Morgan fingerprint density at radius 3 is 1.82 bits per heavy atom. The number of thiophene rings is 2. The molecule has 0 aliphatic heterocycles. The molecule has 0 bridgehead atoms. The molecule has 0 spiro atoms. The zero-order chi connectivity index (χ0) is 32.5. The monoisotopic (exact) mass is 671 g/mol. The summed E-state index contributed by atoms with van der Waals surface area (Å²) >= 11 is 3.85. The quantitative estimate of drug-likeness (QED) is 0.167. The van der Waals surface area contributed by atoms with Crippen molar-refractivity contribution in [1.82, 2.24) is 4.57 Å². The second-order valence-electron chi connectivity index (χ2n) is 13.2. The number of benzene rings is 8. The molecule has 4 aromatic heterocycles. The Balaban J connectivity index is 1.21. The van der Waals surface area contributed by atoms with Gasteiger partial charge in [0, 0.05) is 37.0 Å². The Hall–Kier alpha value is -5.94. The smallest absolute Gasteiger partial charge is 0.136 e. The number of hydrogen-bond acceptors (Lipinski definition) is 3. The molecule has 0 N–H and O–H groups in total. The van der Waals surface area contributed by atoms with Gasteiger partial charge in [0.1, 0.15) is 11.2 Å². The molecule has 50 heavy (non-hydrogen) atoms. The Morgan fingerprint density at radius 2 is 1.04 bits per heavy atom. The third-order valence-corrected chi connectivity index (χ3v) is 13.1. The molecule has 0 fully saturated rings. The second-order valence-corrected chi connectivity index (χ2v) is 15.3. The number of hydrogen-bond donors (Lipinski definition) is 0. The molecule has 0 aliphatic carbocycles. The summed E-state index contributed by atoms with van der Waals surface area (Å²) in [7, 11) is 0. The van der Waals surface area contributed by atoms with Crippen LogP contribution in [0.4, 0.5) is 0 Å². The number of fused-ring (bicyclic) bond motifs is 13. The van der Waals surface area contributed by atoms with Crippen molar-refractivity contribution in [1.29, 1.82) is 0 Å². The number of furan rings is 1. The summed E-state index contributed by atoms with van der Waals surface area (Å²) in [6.45, 7) is 0. The molecule has 0 unspecified atom stereocenters. The van der Waals surface area contributed by atoms with Crippen LogP contribution in [0.25, 0.3) is 112 Å². The van der Waals surface area contributed by atoms with Gasteiger partial charge in [-0.15, -0.1) is 22.7 Å². The molecule has 8 aromatic carbocycles. The fraction of sp³-hybridized carbons (Fsp3) is 0. The van der Waals surface area contributed by atoms with Crippen molar-refractivity contribution in [2.75, 3.05) is 0 Å². The van der Waals surface area contributed by atoms with Gasteiger partial charge in [-0.2, -0.15) is 0 Å². The standard InChI is InChI=1S/C46H25NOS2/c1-2-12-27-25-39-36(23-26(27)11-1)35-24-28(21-22-38(35)48-39)41-29-13-3-5-15-31(29)42(32-16-6-4-14-30(32)41)47-37-19-9-7-17-33(37)44-43(47)46-45(50-44)34-18-8-10-20-40(34)49-46/h1-25H. The van der Waals surface area contributed by atoms with Crippen LogP contribution in [0.15, 0.2) is 156 Å². The van der Waals surface area contributed by atoms with Crippen LogP contribution in [0.1, 0.15) is 0 Å². The Kier molecular flexibility index (Phi) is 5.29. The van der Waals surface area contributed by atoms with Gasteiger partial charge < -0.3 is 8.98 Å². The van der Waals surface area contributed by atoms with Crippen molar-refractivity contribution in [3.8, 4) is 16.8 Å². The van der Waals surface area contributed by atoms with Crippen LogP contribution in [0.5, 0.6) is 0 Å². The van der Waals surface area contributed by atoms with Gasteiger partial charge >= 0.3 is 0 Å². The lowest BCUT2D eigenvalue weighted by atomic mass is 9.90. The van der Waals surface area contributed by atoms with Crippen LogP contribution in [0.3, 0.4) is 0 Å². The average molecular weight is 672 g/mol. The molecule has 0 atom stereocenters. The normalized spacial score (nSPS) is 12.4. The van der Waals surface area contributed by atoms with E-state index in [0.717, 1.165) is 21.9 Å². The van der Waals surface area contributed by atoms with Gasteiger partial charge in [0.2, 0.25) is 0 Å². The van der Waals surface area contributed by atoms with Crippen molar-refractivity contribution in [2.45, 2.75) is 0 Å². The van der Waals surface area contributed by atoms with Crippen LogP contribution in [0, 0.1) is 0 Å². The van der Waals surface area contributed by atoms with E-state index in [1.165, 1.54) is 89.7 Å². The van der Waals surface area contributed by atoms with Crippen LogP contribution < -0.4 is 0 Å². The summed E-state index contributed by atoms with van der Waals surface area (Å²) in [6, 6.07) is 55.5. The summed E-state index contributed by atoms with van der Waals surface area (Å²) in [6.07, 6.45) is 0. The Morgan fingerprint density at radius 1 is 0.420 bits per heavy atom. The highest BCUT2D eigenvalue weighted by molar-refractivity contribution is 7.37. The van der Waals surface area contributed by atoms with Gasteiger partial charge in [-0.3, -0.25) is 0 Å². The summed E-state index contributed by atoms with van der Waals surface area (Å²) in [5.41, 5.74) is 8.08. The molecule has 0 saturated heterocycles. The summed E-state index contributed by atoms with van der Waals surface area (Å²) in [4.78, 5) is 0. The van der Waals surface area contributed by atoms with E-state index in [9.17, 15) is 0 Å².